The molecule has 2 N–H and O–H groups in total. The van der Waals surface area contributed by atoms with Gasteiger partial charge in [0.2, 0.25) is 11.8 Å². The van der Waals surface area contributed by atoms with E-state index in [-0.39, 0.29) is 35.8 Å². The van der Waals surface area contributed by atoms with Crippen molar-refractivity contribution in [3.8, 4) is 0 Å². The Morgan fingerprint density at radius 3 is 2.79 bits per heavy atom. The zero-order chi connectivity index (χ0) is 20.2. The predicted octanol–water partition coefficient (Wildman–Crippen LogP) is 1.84. The van der Waals surface area contributed by atoms with Crippen molar-refractivity contribution >= 4 is 17.5 Å². The second-order valence-electron chi connectivity index (χ2n) is 8.10. The minimum atomic E-state index is -0.108. The number of carbonyl (C=O) groups is 2. The van der Waals surface area contributed by atoms with Crippen molar-refractivity contribution in [2.45, 2.75) is 64.1 Å². The number of imidazole rings is 1. The molecule has 2 aromatic rings. The molecule has 2 heterocycles. The van der Waals surface area contributed by atoms with Crippen molar-refractivity contribution in [1.82, 2.24) is 25.0 Å². The van der Waals surface area contributed by atoms with Gasteiger partial charge in [-0.15, -0.1) is 0 Å². The molecule has 29 heavy (non-hydrogen) atoms. The molecule has 8 heteroatoms. The van der Waals surface area contributed by atoms with Gasteiger partial charge in [0.1, 0.15) is 0 Å². The first-order valence-electron chi connectivity index (χ1n) is 10.6. The summed E-state index contributed by atoms with van der Waals surface area (Å²) in [7, 11) is 0. The summed E-state index contributed by atoms with van der Waals surface area (Å²) in [6, 6.07) is 0.00430. The Bertz CT molecular complexity index is 830. The second kappa shape index (κ2) is 8.90. The number of hydrogen-bond acceptors (Lipinski definition) is 5. The molecule has 0 aromatic carbocycles. The molecule has 0 saturated heterocycles. The molecule has 0 bridgehead atoms. The van der Waals surface area contributed by atoms with Crippen LogP contribution >= 0.6 is 0 Å². The molecule has 3 atom stereocenters. The van der Waals surface area contributed by atoms with Crippen molar-refractivity contribution in [2.24, 2.45) is 11.8 Å². The predicted molar refractivity (Wildman–Crippen MR) is 107 cm³/mol. The van der Waals surface area contributed by atoms with Crippen molar-refractivity contribution in [3.05, 3.63) is 30.5 Å². The first-order chi connectivity index (χ1) is 14.1. The Labute approximate surface area is 170 Å². The van der Waals surface area contributed by atoms with Gasteiger partial charge >= 0.3 is 0 Å². The third-order valence-electron chi connectivity index (χ3n) is 5.73. The fourth-order valence-electron chi connectivity index (χ4n) is 3.93. The van der Waals surface area contributed by atoms with E-state index in [0.717, 1.165) is 43.4 Å². The summed E-state index contributed by atoms with van der Waals surface area (Å²) in [4.78, 5) is 33.5. The Balaban J connectivity index is 1.32. The maximum Gasteiger partial charge on any atom is 0.223 e. The van der Waals surface area contributed by atoms with Crippen LogP contribution in [0.25, 0.3) is 5.65 Å². The monoisotopic (exact) mass is 399 g/mol. The van der Waals surface area contributed by atoms with E-state index >= 15 is 0 Å². The maximum atomic E-state index is 12.8. The Morgan fingerprint density at radius 1 is 1.21 bits per heavy atom. The summed E-state index contributed by atoms with van der Waals surface area (Å²) >= 11 is 0. The minimum Gasteiger partial charge on any atom is -0.376 e. The first kappa shape index (κ1) is 19.8. The standard InChI is InChI=1S/C21H29N5O3/c1-2-9-29-18-10-15(5-6-17(18)25-21(28)14-3-4-14)20(27)23-11-16-13-26-8-7-22-12-19(26)24-16/h7-8,12-15,17-18H,2-6,9-11H2,1H3,(H,23,27)(H,25,28)/t15-,17-,18-/m0/s1. The zero-order valence-corrected chi connectivity index (χ0v) is 16.8. The number of rotatable bonds is 8. The molecule has 2 amide bonds. The van der Waals surface area contributed by atoms with Crippen molar-refractivity contribution in [2.75, 3.05) is 6.61 Å². The quantitative estimate of drug-likeness (QED) is 0.706. The Kier molecular flexibility index (Phi) is 6.08. The summed E-state index contributed by atoms with van der Waals surface area (Å²) in [5.41, 5.74) is 1.56. The third-order valence-corrected chi connectivity index (χ3v) is 5.73. The summed E-state index contributed by atoms with van der Waals surface area (Å²) in [5, 5.41) is 6.17. The summed E-state index contributed by atoms with van der Waals surface area (Å²) in [6.45, 7) is 3.10. The SMILES string of the molecule is CCCO[C@H]1C[C@@H](C(=O)NCc2cn3ccncc3n2)CC[C@@H]1NC(=O)C1CC1. The van der Waals surface area contributed by atoms with Crippen LogP contribution in [0.1, 0.15) is 51.1 Å². The van der Waals surface area contributed by atoms with Gasteiger partial charge < -0.3 is 19.8 Å². The van der Waals surface area contributed by atoms with Gasteiger partial charge in [-0.25, -0.2) is 4.98 Å². The lowest BCUT2D eigenvalue weighted by atomic mass is 9.83. The van der Waals surface area contributed by atoms with Crippen LogP contribution in [-0.2, 0) is 20.9 Å². The molecule has 8 nitrogen and oxygen atoms in total. The number of carbonyl (C=O) groups excluding carboxylic acids is 2. The smallest absolute Gasteiger partial charge is 0.223 e. The lowest BCUT2D eigenvalue weighted by molar-refractivity contribution is -0.130. The zero-order valence-electron chi connectivity index (χ0n) is 16.8. The lowest BCUT2D eigenvalue weighted by Crippen LogP contribution is -2.50. The molecule has 2 aliphatic carbocycles. The molecular formula is C21H29N5O3. The van der Waals surface area contributed by atoms with Crippen LogP contribution in [0.4, 0.5) is 0 Å². The Morgan fingerprint density at radius 2 is 2.03 bits per heavy atom. The number of nitrogens with one attached hydrogen (secondary N) is 2. The topological polar surface area (TPSA) is 97.6 Å². The summed E-state index contributed by atoms with van der Waals surface area (Å²) in [6.07, 6.45) is 12.1. The van der Waals surface area contributed by atoms with E-state index in [9.17, 15) is 9.59 Å². The highest BCUT2D eigenvalue weighted by Gasteiger charge is 2.38. The molecular weight excluding hydrogens is 370 g/mol. The number of ether oxygens (including phenoxy) is 1. The van der Waals surface area contributed by atoms with Gasteiger partial charge in [0, 0.05) is 37.0 Å². The summed E-state index contributed by atoms with van der Waals surface area (Å²) < 4.78 is 7.90. The Hall–Kier alpha value is -2.48. The van der Waals surface area contributed by atoms with Crippen LogP contribution in [0.2, 0.25) is 0 Å². The van der Waals surface area contributed by atoms with Crippen molar-refractivity contribution in [3.63, 3.8) is 0 Å². The highest BCUT2D eigenvalue weighted by Crippen LogP contribution is 2.31. The van der Waals surface area contributed by atoms with E-state index in [1.807, 2.05) is 16.8 Å². The molecule has 4 rings (SSSR count). The molecule has 2 aromatic heterocycles. The van der Waals surface area contributed by atoms with Crippen molar-refractivity contribution in [1.29, 1.82) is 0 Å². The molecule has 0 radical (unpaired) electrons. The molecule has 0 aliphatic heterocycles. The van der Waals surface area contributed by atoms with Gasteiger partial charge in [-0.05, 0) is 38.5 Å². The van der Waals surface area contributed by atoms with E-state index < -0.39 is 0 Å². The highest BCUT2D eigenvalue weighted by molar-refractivity contribution is 5.81. The van der Waals surface area contributed by atoms with E-state index in [1.165, 1.54) is 0 Å². The maximum absolute atomic E-state index is 12.8. The summed E-state index contributed by atoms with van der Waals surface area (Å²) in [5.74, 6) is 0.245. The lowest BCUT2D eigenvalue weighted by Gasteiger charge is -2.36. The fraction of sp³-hybridized carbons (Fsp3) is 0.619. The van der Waals surface area contributed by atoms with Gasteiger partial charge in [0.05, 0.1) is 30.6 Å². The van der Waals surface area contributed by atoms with Gasteiger partial charge in [-0.2, -0.15) is 0 Å². The van der Waals surface area contributed by atoms with E-state index in [2.05, 4.69) is 27.5 Å². The molecule has 2 saturated carbocycles. The first-order valence-corrected chi connectivity index (χ1v) is 10.6. The van der Waals surface area contributed by atoms with Gasteiger partial charge in [-0.3, -0.25) is 14.6 Å². The van der Waals surface area contributed by atoms with E-state index in [1.54, 1.807) is 12.4 Å². The molecule has 2 fully saturated rings. The average Bonchev–Trinajstić information content (AvgIpc) is 3.50. The van der Waals surface area contributed by atoms with Gasteiger partial charge in [0.25, 0.3) is 0 Å². The number of fused-ring (bicyclic) bond motifs is 1. The largest absolute Gasteiger partial charge is 0.376 e. The molecule has 2 aliphatic rings. The second-order valence-corrected chi connectivity index (χ2v) is 8.10. The van der Waals surface area contributed by atoms with Gasteiger partial charge in [0.15, 0.2) is 5.65 Å². The van der Waals surface area contributed by atoms with Crippen LogP contribution in [0.15, 0.2) is 24.8 Å². The average molecular weight is 399 g/mol. The number of nitrogens with zero attached hydrogens (tertiary/aromatic N) is 3. The number of amides is 2. The van der Waals surface area contributed by atoms with Crippen molar-refractivity contribution < 1.29 is 14.3 Å². The number of aromatic nitrogens is 3. The minimum absolute atomic E-state index is 0.00430. The fourth-order valence-corrected chi connectivity index (χ4v) is 3.93. The molecule has 0 spiro atoms. The molecule has 0 unspecified atom stereocenters. The van der Waals surface area contributed by atoms with Crippen LogP contribution < -0.4 is 10.6 Å². The highest BCUT2D eigenvalue weighted by atomic mass is 16.5. The van der Waals surface area contributed by atoms with E-state index in [0.29, 0.717) is 19.6 Å². The third kappa shape index (κ3) is 4.93. The molecule has 156 valence electrons. The van der Waals surface area contributed by atoms with Crippen LogP contribution in [0.3, 0.4) is 0 Å². The normalized spacial score (nSPS) is 24.4. The van der Waals surface area contributed by atoms with Crippen LogP contribution in [-0.4, -0.2) is 44.9 Å². The van der Waals surface area contributed by atoms with Crippen LogP contribution in [0, 0.1) is 11.8 Å². The van der Waals surface area contributed by atoms with Gasteiger partial charge in [-0.1, -0.05) is 6.92 Å². The van der Waals surface area contributed by atoms with E-state index in [4.69, 9.17) is 4.74 Å². The number of hydrogen-bond donors (Lipinski definition) is 2. The van der Waals surface area contributed by atoms with Crippen LogP contribution in [0.5, 0.6) is 0 Å².